The van der Waals surface area contributed by atoms with Gasteiger partial charge in [0.25, 0.3) is 5.91 Å². The molecule has 0 bridgehead atoms. The molecule has 1 aliphatic rings. The van der Waals surface area contributed by atoms with Crippen LogP contribution in [0.25, 0.3) is 11.4 Å². The minimum Gasteiger partial charge on any atom is -0.397 e. The summed E-state index contributed by atoms with van der Waals surface area (Å²) < 4.78 is 1.97. The summed E-state index contributed by atoms with van der Waals surface area (Å²) in [7, 11) is 0. The number of rotatable bonds is 6. The van der Waals surface area contributed by atoms with Gasteiger partial charge < -0.3 is 16.4 Å². The first kappa shape index (κ1) is 21.6. The van der Waals surface area contributed by atoms with Gasteiger partial charge in [-0.1, -0.05) is 36.6 Å². The molecular formula is C25H26N8O. The Morgan fingerprint density at radius 2 is 1.76 bits per heavy atom. The number of hydrogen-bond donors (Lipinski definition) is 3. The first-order valence-electron chi connectivity index (χ1n) is 11.4. The second kappa shape index (κ2) is 9.70. The van der Waals surface area contributed by atoms with Gasteiger partial charge in [-0.3, -0.25) is 4.79 Å². The molecule has 9 heteroatoms. The van der Waals surface area contributed by atoms with Crippen molar-refractivity contribution in [2.45, 2.75) is 38.1 Å². The highest BCUT2D eigenvalue weighted by atomic mass is 16.1. The number of hydrogen-bond acceptors (Lipinski definition) is 7. The zero-order chi connectivity index (χ0) is 23.3. The number of nitrogens with one attached hydrogen (secondary N) is 2. The lowest BCUT2D eigenvalue weighted by Gasteiger charge is -2.20. The molecule has 2 aromatic heterocycles. The van der Waals surface area contributed by atoms with Gasteiger partial charge in [0.05, 0.1) is 29.3 Å². The van der Waals surface area contributed by atoms with Gasteiger partial charge in [-0.05, 0) is 55.3 Å². The number of para-hydroxylation sites is 2. The van der Waals surface area contributed by atoms with Gasteiger partial charge in [0.2, 0.25) is 5.95 Å². The summed E-state index contributed by atoms with van der Waals surface area (Å²) >= 11 is 0. The van der Waals surface area contributed by atoms with Crippen LogP contribution in [0.4, 0.5) is 23.0 Å². The number of amides is 1. The summed E-state index contributed by atoms with van der Waals surface area (Å²) in [6.45, 7) is 0. The normalized spacial score (nSPS) is 14.0. The van der Waals surface area contributed by atoms with Crippen molar-refractivity contribution in [3.05, 3.63) is 72.6 Å². The third-order valence-corrected chi connectivity index (χ3v) is 5.99. The number of carbonyl (C=O) groups is 1. The van der Waals surface area contributed by atoms with Crippen molar-refractivity contribution in [3.8, 4) is 11.4 Å². The monoisotopic (exact) mass is 454 g/mol. The molecule has 5 rings (SSSR count). The maximum absolute atomic E-state index is 12.5. The molecule has 9 nitrogen and oxygen atoms in total. The molecule has 0 saturated heterocycles. The Morgan fingerprint density at radius 3 is 2.56 bits per heavy atom. The second-order valence-electron chi connectivity index (χ2n) is 8.38. The Bertz CT molecular complexity index is 1280. The van der Waals surface area contributed by atoms with Crippen LogP contribution < -0.4 is 16.4 Å². The summed E-state index contributed by atoms with van der Waals surface area (Å²) in [6.07, 6.45) is 9.72. The van der Waals surface area contributed by atoms with Crippen LogP contribution in [0.15, 0.2) is 67.0 Å². The van der Waals surface area contributed by atoms with Gasteiger partial charge in [-0.15, -0.1) is 5.10 Å². The number of anilines is 4. The Morgan fingerprint density at radius 1 is 0.971 bits per heavy atom. The number of benzene rings is 2. The molecule has 0 spiro atoms. The van der Waals surface area contributed by atoms with Crippen LogP contribution >= 0.6 is 0 Å². The van der Waals surface area contributed by atoms with E-state index in [1.54, 1.807) is 42.6 Å². The number of nitrogens with zero attached hydrogens (tertiary/aromatic N) is 5. The lowest BCUT2D eigenvalue weighted by molar-refractivity contribution is 0.102. The summed E-state index contributed by atoms with van der Waals surface area (Å²) in [5.41, 5.74) is 9.71. The van der Waals surface area contributed by atoms with Crippen molar-refractivity contribution in [2.75, 3.05) is 16.4 Å². The molecular weight excluding hydrogens is 428 g/mol. The van der Waals surface area contributed by atoms with Crippen molar-refractivity contribution < 1.29 is 4.79 Å². The highest BCUT2D eigenvalue weighted by Crippen LogP contribution is 2.28. The number of nitrogens with two attached hydrogens (primary N) is 1. The lowest BCUT2D eigenvalue weighted by atomic mass is 9.96. The summed E-state index contributed by atoms with van der Waals surface area (Å²) in [5.74, 6) is 0.211. The molecule has 1 saturated carbocycles. The van der Waals surface area contributed by atoms with Gasteiger partial charge in [-0.25, -0.2) is 14.6 Å². The van der Waals surface area contributed by atoms with Crippen LogP contribution in [-0.2, 0) is 0 Å². The predicted octanol–water partition coefficient (Wildman–Crippen LogP) is 4.82. The molecule has 4 aromatic rings. The van der Waals surface area contributed by atoms with Crippen molar-refractivity contribution in [3.63, 3.8) is 0 Å². The van der Waals surface area contributed by atoms with Crippen LogP contribution in [-0.4, -0.2) is 30.9 Å². The average Bonchev–Trinajstić information content (AvgIpc) is 3.37. The van der Waals surface area contributed by atoms with Gasteiger partial charge in [0, 0.05) is 17.4 Å². The van der Waals surface area contributed by atoms with Gasteiger partial charge in [-0.2, -0.15) is 0 Å². The molecule has 172 valence electrons. The quantitative estimate of drug-likeness (QED) is 0.357. The third kappa shape index (κ3) is 4.88. The molecule has 4 N–H and O–H groups in total. The smallest absolute Gasteiger partial charge is 0.255 e. The minimum absolute atomic E-state index is 0.233. The van der Waals surface area contributed by atoms with Gasteiger partial charge in [0.15, 0.2) is 0 Å². The van der Waals surface area contributed by atoms with Crippen molar-refractivity contribution in [2.24, 2.45) is 0 Å². The van der Waals surface area contributed by atoms with E-state index in [0.717, 1.165) is 24.2 Å². The van der Waals surface area contributed by atoms with Crippen LogP contribution in [0.2, 0.25) is 0 Å². The van der Waals surface area contributed by atoms with E-state index in [4.69, 9.17) is 5.73 Å². The molecule has 34 heavy (non-hydrogen) atoms. The molecule has 0 radical (unpaired) electrons. The molecule has 0 unspecified atom stereocenters. The number of nitrogen functional groups attached to an aromatic ring is 1. The maximum Gasteiger partial charge on any atom is 0.255 e. The van der Waals surface area contributed by atoms with E-state index in [9.17, 15) is 4.79 Å². The number of aromatic nitrogens is 5. The van der Waals surface area contributed by atoms with Crippen molar-refractivity contribution >= 4 is 28.9 Å². The first-order chi connectivity index (χ1) is 16.7. The minimum atomic E-state index is -0.233. The highest BCUT2D eigenvalue weighted by molar-refractivity contribution is 6.05. The van der Waals surface area contributed by atoms with Crippen LogP contribution in [0.5, 0.6) is 0 Å². The molecule has 2 aromatic carbocycles. The zero-order valence-corrected chi connectivity index (χ0v) is 18.7. The van der Waals surface area contributed by atoms with E-state index < -0.39 is 0 Å². The van der Waals surface area contributed by atoms with Crippen molar-refractivity contribution in [1.29, 1.82) is 0 Å². The molecule has 1 fully saturated rings. The fraction of sp³-hybridized carbons (Fsp3) is 0.240. The number of carbonyl (C=O) groups excluding carboxylic acids is 1. The molecule has 0 atom stereocenters. The van der Waals surface area contributed by atoms with Gasteiger partial charge in [0.1, 0.15) is 5.69 Å². The Kier molecular flexibility index (Phi) is 6.15. The molecule has 1 aliphatic carbocycles. The fourth-order valence-corrected chi connectivity index (χ4v) is 4.12. The third-order valence-electron chi connectivity index (χ3n) is 5.99. The van der Waals surface area contributed by atoms with E-state index in [1.165, 1.54) is 19.3 Å². The Labute approximate surface area is 197 Å². The average molecular weight is 455 g/mol. The SMILES string of the molecule is Nc1ccccc1NC(=O)c1ccc(Nc2nccc(-c3cn(C4CCCCC4)nn3)n2)cc1. The van der Waals surface area contributed by atoms with Crippen LogP contribution in [0.1, 0.15) is 48.5 Å². The summed E-state index contributed by atoms with van der Waals surface area (Å²) in [6, 6.07) is 16.5. The first-order valence-corrected chi connectivity index (χ1v) is 11.4. The lowest BCUT2D eigenvalue weighted by Crippen LogP contribution is -2.13. The zero-order valence-electron chi connectivity index (χ0n) is 18.7. The molecule has 1 amide bonds. The largest absolute Gasteiger partial charge is 0.397 e. The van der Waals surface area contributed by atoms with E-state index in [-0.39, 0.29) is 5.91 Å². The summed E-state index contributed by atoms with van der Waals surface area (Å²) in [5, 5.41) is 14.7. The standard InChI is InChI=1S/C25H26N8O/c26-20-8-4-5-9-21(20)29-24(34)17-10-12-18(13-11-17)28-25-27-15-14-22(30-25)23-16-33(32-31-23)19-6-2-1-3-7-19/h4-5,8-16,19H,1-3,6-7,26H2,(H,29,34)(H,27,28,30). The topological polar surface area (TPSA) is 124 Å². The summed E-state index contributed by atoms with van der Waals surface area (Å²) in [4.78, 5) is 21.4. The van der Waals surface area contributed by atoms with E-state index >= 15 is 0 Å². The van der Waals surface area contributed by atoms with Crippen LogP contribution in [0, 0.1) is 0 Å². The fourth-order valence-electron chi connectivity index (χ4n) is 4.12. The van der Waals surface area contributed by atoms with E-state index in [2.05, 4.69) is 30.9 Å². The van der Waals surface area contributed by atoms with Crippen LogP contribution in [0.3, 0.4) is 0 Å². The molecule has 2 heterocycles. The van der Waals surface area contributed by atoms with Crippen molar-refractivity contribution in [1.82, 2.24) is 25.0 Å². The Hall–Kier alpha value is -4.27. The second-order valence-corrected chi connectivity index (χ2v) is 8.38. The maximum atomic E-state index is 12.5. The van der Waals surface area contributed by atoms with E-state index in [1.807, 2.05) is 29.1 Å². The van der Waals surface area contributed by atoms with E-state index in [0.29, 0.717) is 34.6 Å². The Balaban J connectivity index is 1.25. The molecule has 0 aliphatic heterocycles. The highest BCUT2D eigenvalue weighted by Gasteiger charge is 2.17. The predicted molar refractivity (Wildman–Crippen MR) is 132 cm³/mol. The van der Waals surface area contributed by atoms with Gasteiger partial charge >= 0.3 is 0 Å².